The van der Waals surface area contributed by atoms with Gasteiger partial charge in [-0.3, -0.25) is 9.80 Å². The molecule has 34 heavy (non-hydrogen) atoms. The van der Waals surface area contributed by atoms with Gasteiger partial charge >= 0.3 is 18.2 Å². The zero-order chi connectivity index (χ0) is 25.3. The molecule has 0 spiro atoms. The second-order valence-electron chi connectivity index (χ2n) is 9.15. The van der Waals surface area contributed by atoms with E-state index in [1.54, 1.807) is 38.7 Å². The molecule has 2 rings (SSSR count). The Kier molecular flexibility index (Phi) is 9.92. The third kappa shape index (κ3) is 7.76. The maximum atomic E-state index is 13.1. The van der Waals surface area contributed by atoms with Crippen LogP contribution in [0.15, 0.2) is 43.0 Å². The van der Waals surface area contributed by atoms with Gasteiger partial charge in [-0.05, 0) is 39.7 Å². The number of nitrogens with zero attached hydrogens (tertiary/aromatic N) is 2. The van der Waals surface area contributed by atoms with Gasteiger partial charge in [0.2, 0.25) is 0 Å². The van der Waals surface area contributed by atoms with E-state index in [0.29, 0.717) is 13.0 Å². The number of esters is 1. The minimum absolute atomic E-state index is 0.00320. The molecule has 1 fully saturated rings. The van der Waals surface area contributed by atoms with E-state index in [1.165, 1.54) is 12.0 Å². The first kappa shape index (κ1) is 27.2. The molecule has 1 aromatic rings. The number of carbonyl (C=O) groups excluding carboxylic acids is 3. The molecule has 1 aliphatic rings. The summed E-state index contributed by atoms with van der Waals surface area (Å²) >= 11 is 0. The molecule has 1 heterocycles. The van der Waals surface area contributed by atoms with E-state index in [2.05, 4.69) is 6.58 Å². The van der Waals surface area contributed by atoms with Crippen LogP contribution in [0.25, 0.3) is 0 Å². The maximum Gasteiger partial charge on any atom is 0.411 e. The van der Waals surface area contributed by atoms with E-state index >= 15 is 0 Å². The predicted octanol–water partition coefficient (Wildman–Crippen LogP) is 3.77. The van der Waals surface area contributed by atoms with Crippen molar-refractivity contribution in [2.75, 3.05) is 26.9 Å². The molecule has 3 atom stereocenters. The summed E-state index contributed by atoms with van der Waals surface area (Å²) in [7, 11) is 1.25. The molecule has 0 radical (unpaired) electrons. The zero-order valence-electron chi connectivity index (χ0n) is 20.7. The van der Waals surface area contributed by atoms with E-state index in [1.807, 2.05) is 30.3 Å². The lowest BCUT2D eigenvalue weighted by atomic mass is 10.1. The highest BCUT2D eigenvalue weighted by Crippen LogP contribution is 2.23. The molecule has 0 N–H and O–H groups in total. The van der Waals surface area contributed by atoms with Crippen molar-refractivity contribution in [1.82, 2.24) is 9.80 Å². The summed E-state index contributed by atoms with van der Waals surface area (Å²) in [6.45, 7) is 11.2. The molecule has 0 bridgehead atoms. The fourth-order valence-corrected chi connectivity index (χ4v) is 3.64. The van der Waals surface area contributed by atoms with Crippen LogP contribution in [0, 0.1) is 0 Å². The van der Waals surface area contributed by atoms with E-state index in [9.17, 15) is 14.4 Å². The zero-order valence-corrected chi connectivity index (χ0v) is 20.7. The first-order chi connectivity index (χ1) is 16.1. The van der Waals surface area contributed by atoms with Crippen molar-refractivity contribution in [3.8, 4) is 0 Å². The summed E-state index contributed by atoms with van der Waals surface area (Å²) in [5.74, 6) is -0.597. The summed E-state index contributed by atoms with van der Waals surface area (Å²) in [6, 6.07) is 7.40. The van der Waals surface area contributed by atoms with Crippen LogP contribution in [0.4, 0.5) is 9.59 Å². The Morgan fingerprint density at radius 2 is 1.85 bits per heavy atom. The highest BCUT2D eigenvalue weighted by atomic mass is 16.6. The molecule has 2 amide bonds. The highest BCUT2D eigenvalue weighted by molar-refractivity contribution is 5.81. The largest absolute Gasteiger partial charge is 0.467 e. The van der Waals surface area contributed by atoms with E-state index in [0.717, 1.165) is 5.56 Å². The monoisotopic (exact) mass is 476 g/mol. The number of ether oxygens (including phenoxy) is 4. The first-order valence-corrected chi connectivity index (χ1v) is 11.3. The molecule has 0 aromatic heterocycles. The van der Waals surface area contributed by atoms with Gasteiger partial charge < -0.3 is 18.9 Å². The number of amides is 2. The quantitative estimate of drug-likeness (QED) is 0.320. The molecule has 9 heteroatoms. The van der Waals surface area contributed by atoms with Gasteiger partial charge in [-0.15, -0.1) is 6.58 Å². The normalized spacial score (nSPS) is 19.0. The molecular formula is C25H36N2O7. The first-order valence-electron chi connectivity index (χ1n) is 11.3. The van der Waals surface area contributed by atoms with Crippen LogP contribution in [-0.4, -0.2) is 78.6 Å². The van der Waals surface area contributed by atoms with Crippen LogP contribution in [0.2, 0.25) is 0 Å². The minimum atomic E-state index is -0.937. The van der Waals surface area contributed by atoms with Crippen LogP contribution in [-0.2, 0) is 30.3 Å². The summed E-state index contributed by atoms with van der Waals surface area (Å²) < 4.78 is 21.7. The molecule has 1 saturated heterocycles. The number of carbonyl (C=O) groups is 3. The van der Waals surface area contributed by atoms with Crippen molar-refractivity contribution < 1.29 is 33.3 Å². The van der Waals surface area contributed by atoms with Gasteiger partial charge in [0.15, 0.2) is 0 Å². The van der Waals surface area contributed by atoms with Gasteiger partial charge in [0.05, 0.1) is 32.4 Å². The average molecular weight is 477 g/mol. The topological polar surface area (TPSA) is 94.6 Å². The van der Waals surface area contributed by atoms with Gasteiger partial charge in [0.1, 0.15) is 18.2 Å². The van der Waals surface area contributed by atoms with E-state index in [-0.39, 0.29) is 25.8 Å². The van der Waals surface area contributed by atoms with Crippen LogP contribution in [0.5, 0.6) is 0 Å². The van der Waals surface area contributed by atoms with Crippen molar-refractivity contribution in [3.05, 3.63) is 48.6 Å². The molecule has 1 aliphatic heterocycles. The average Bonchev–Trinajstić information content (AvgIpc) is 2.79. The molecule has 1 aromatic carbocycles. The van der Waals surface area contributed by atoms with Gasteiger partial charge in [-0.25, -0.2) is 14.4 Å². The molecular weight excluding hydrogens is 440 g/mol. The van der Waals surface area contributed by atoms with Crippen LogP contribution in [0.3, 0.4) is 0 Å². The Bertz CT molecular complexity index is 837. The lowest BCUT2D eigenvalue weighted by molar-refractivity contribution is -0.146. The molecule has 9 nitrogen and oxygen atoms in total. The third-order valence-electron chi connectivity index (χ3n) is 5.31. The van der Waals surface area contributed by atoms with Crippen molar-refractivity contribution >= 4 is 18.2 Å². The second-order valence-corrected chi connectivity index (χ2v) is 9.15. The molecule has 0 saturated carbocycles. The molecule has 0 aliphatic carbocycles. The van der Waals surface area contributed by atoms with Crippen molar-refractivity contribution in [2.24, 2.45) is 0 Å². The summed E-state index contributed by atoms with van der Waals surface area (Å²) in [6.07, 6.45) is 0.977. The second kappa shape index (κ2) is 12.4. The van der Waals surface area contributed by atoms with Crippen LogP contribution >= 0.6 is 0 Å². The third-order valence-corrected chi connectivity index (χ3v) is 5.31. The predicted molar refractivity (Wildman–Crippen MR) is 126 cm³/mol. The van der Waals surface area contributed by atoms with Gasteiger partial charge in [-0.1, -0.05) is 36.4 Å². The number of hydrogen-bond acceptors (Lipinski definition) is 7. The maximum absolute atomic E-state index is 13.1. The Balaban J connectivity index is 2.27. The van der Waals surface area contributed by atoms with Gasteiger partial charge in [0, 0.05) is 6.54 Å². The SMILES string of the molecule is C=CCC1COCC(CN(C(=O)OCc2ccccc2)C(C)C(=O)OC)N1C(=O)OC(C)(C)C. The Hall–Kier alpha value is -3.07. The van der Waals surface area contributed by atoms with Crippen molar-refractivity contribution in [2.45, 2.75) is 64.4 Å². The van der Waals surface area contributed by atoms with E-state index < -0.39 is 35.8 Å². The van der Waals surface area contributed by atoms with Crippen LogP contribution in [0.1, 0.15) is 39.7 Å². The molecule has 188 valence electrons. The van der Waals surface area contributed by atoms with Gasteiger partial charge in [-0.2, -0.15) is 0 Å². The van der Waals surface area contributed by atoms with Gasteiger partial charge in [0.25, 0.3) is 0 Å². The number of rotatable bonds is 8. The fraction of sp³-hybridized carbons (Fsp3) is 0.560. The lowest BCUT2D eigenvalue weighted by Crippen LogP contribution is -2.61. The fourth-order valence-electron chi connectivity index (χ4n) is 3.64. The lowest BCUT2D eigenvalue weighted by Gasteiger charge is -2.43. The Morgan fingerprint density at radius 3 is 2.44 bits per heavy atom. The van der Waals surface area contributed by atoms with E-state index in [4.69, 9.17) is 18.9 Å². The van der Waals surface area contributed by atoms with Crippen molar-refractivity contribution in [1.29, 1.82) is 0 Å². The number of methoxy groups -OCH3 is 1. The Labute approximate surface area is 201 Å². The Morgan fingerprint density at radius 1 is 1.21 bits per heavy atom. The number of benzene rings is 1. The smallest absolute Gasteiger partial charge is 0.411 e. The highest BCUT2D eigenvalue weighted by Gasteiger charge is 2.40. The van der Waals surface area contributed by atoms with Crippen LogP contribution < -0.4 is 0 Å². The number of morpholine rings is 1. The van der Waals surface area contributed by atoms with Crippen molar-refractivity contribution in [3.63, 3.8) is 0 Å². The standard InChI is InChI=1S/C25H36N2O7/c1-7-11-20-16-32-17-21(27(20)24(30)34-25(3,4)5)14-26(18(2)22(28)31-6)23(29)33-15-19-12-9-8-10-13-19/h7-10,12-13,18,20-21H,1,11,14-17H2,2-6H3. The summed E-state index contributed by atoms with van der Waals surface area (Å²) in [5.41, 5.74) is 0.107. The minimum Gasteiger partial charge on any atom is -0.467 e. The summed E-state index contributed by atoms with van der Waals surface area (Å²) in [4.78, 5) is 41.4. The number of hydrogen-bond donors (Lipinski definition) is 0. The molecule has 3 unspecified atom stereocenters. The summed E-state index contributed by atoms with van der Waals surface area (Å²) in [5, 5.41) is 0.